The number of nitrogens with zero attached hydrogens (tertiary/aromatic N) is 1. The lowest BCUT2D eigenvalue weighted by atomic mass is 10.2. The lowest BCUT2D eigenvalue weighted by molar-refractivity contribution is 0.222. The number of carbonyl (C=O) groups is 1. The van der Waals surface area contributed by atoms with Gasteiger partial charge in [0.1, 0.15) is 0 Å². The van der Waals surface area contributed by atoms with Gasteiger partial charge in [-0.05, 0) is 55.7 Å². The van der Waals surface area contributed by atoms with Crippen LogP contribution in [-0.4, -0.2) is 32.4 Å². The second-order valence-corrected chi connectivity index (χ2v) is 7.75. The molecule has 2 amide bonds. The van der Waals surface area contributed by atoms with Gasteiger partial charge in [-0.2, -0.15) is 0 Å². The van der Waals surface area contributed by atoms with Crippen LogP contribution in [0, 0.1) is 6.92 Å². The molecule has 132 valence electrons. The highest BCUT2D eigenvalue weighted by atomic mass is 32.2. The van der Waals surface area contributed by atoms with Gasteiger partial charge in [0.2, 0.25) is 0 Å². The topological polar surface area (TPSA) is 78.5 Å². The zero-order valence-electron chi connectivity index (χ0n) is 14.0. The fourth-order valence-corrected chi connectivity index (χ4v) is 3.86. The predicted octanol–water partition coefficient (Wildman–Crippen LogP) is 3.42. The first-order valence-corrected chi connectivity index (χ1v) is 9.68. The molecule has 1 aliphatic rings. The number of anilines is 2. The summed E-state index contributed by atoms with van der Waals surface area (Å²) in [7, 11) is -3.67. The Morgan fingerprint density at radius 3 is 2.28 bits per heavy atom. The summed E-state index contributed by atoms with van der Waals surface area (Å²) < 4.78 is 27.6. The Morgan fingerprint density at radius 2 is 1.64 bits per heavy atom. The summed E-state index contributed by atoms with van der Waals surface area (Å²) in [5.41, 5.74) is 1.97. The highest BCUT2D eigenvalue weighted by Crippen LogP contribution is 2.21. The third kappa shape index (κ3) is 4.11. The molecule has 0 bridgehead atoms. The van der Waals surface area contributed by atoms with E-state index < -0.39 is 10.0 Å². The highest BCUT2D eigenvalue weighted by Gasteiger charge is 2.19. The monoisotopic (exact) mass is 359 g/mol. The maximum absolute atomic E-state index is 12.5. The second kappa shape index (κ2) is 7.14. The molecule has 6 nitrogen and oxygen atoms in total. The molecule has 0 saturated carbocycles. The molecular formula is C18H21N3O3S. The van der Waals surface area contributed by atoms with E-state index >= 15 is 0 Å². The van der Waals surface area contributed by atoms with E-state index in [9.17, 15) is 13.2 Å². The Hall–Kier alpha value is -2.54. The number of urea groups is 1. The summed E-state index contributed by atoms with van der Waals surface area (Å²) in [5.74, 6) is 0. The summed E-state index contributed by atoms with van der Waals surface area (Å²) in [6, 6.07) is 13.2. The fourth-order valence-electron chi connectivity index (χ4n) is 2.73. The summed E-state index contributed by atoms with van der Waals surface area (Å²) in [5, 5.41) is 2.79. The molecule has 0 atom stereocenters. The van der Waals surface area contributed by atoms with Gasteiger partial charge in [-0.25, -0.2) is 13.2 Å². The number of nitrogens with one attached hydrogen (secondary N) is 2. The molecule has 2 N–H and O–H groups in total. The SMILES string of the molecule is Cc1ccccc1NS(=O)(=O)c1ccc(NC(=O)N2CCCC2)cc1. The number of hydrogen-bond acceptors (Lipinski definition) is 3. The molecule has 1 saturated heterocycles. The molecule has 1 heterocycles. The maximum Gasteiger partial charge on any atom is 0.321 e. The van der Waals surface area contributed by atoms with E-state index in [1.165, 1.54) is 12.1 Å². The molecule has 7 heteroatoms. The summed E-state index contributed by atoms with van der Waals surface area (Å²) in [6.45, 7) is 3.37. The van der Waals surface area contributed by atoms with Crippen LogP contribution in [0.25, 0.3) is 0 Å². The van der Waals surface area contributed by atoms with Crippen molar-refractivity contribution in [1.82, 2.24) is 4.90 Å². The molecule has 2 aromatic rings. The summed E-state index contributed by atoms with van der Waals surface area (Å²) in [6.07, 6.45) is 2.05. The third-order valence-corrected chi connectivity index (χ3v) is 5.58. The van der Waals surface area contributed by atoms with Crippen molar-refractivity contribution in [3.8, 4) is 0 Å². The Morgan fingerprint density at radius 1 is 1.00 bits per heavy atom. The second-order valence-electron chi connectivity index (χ2n) is 6.07. The summed E-state index contributed by atoms with van der Waals surface area (Å²) in [4.78, 5) is 14.0. The molecule has 0 aromatic heterocycles. The Bertz CT molecular complexity index is 857. The molecule has 25 heavy (non-hydrogen) atoms. The molecule has 1 fully saturated rings. The van der Waals surface area contributed by atoms with Crippen molar-refractivity contribution in [2.24, 2.45) is 0 Å². The fraction of sp³-hybridized carbons (Fsp3) is 0.278. The van der Waals surface area contributed by atoms with E-state index in [-0.39, 0.29) is 10.9 Å². The van der Waals surface area contributed by atoms with Gasteiger partial charge in [0.25, 0.3) is 10.0 Å². The standard InChI is InChI=1S/C18H21N3O3S/c1-14-6-2-3-7-17(14)20-25(23,24)16-10-8-15(9-11-16)19-18(22)21-12-4-5-13-21/h2-3,6-11,20H,4-5,12-13H2,1H3,(H,19,22). The van der Waals surface area contributed by atoms with Crippen LogP contribution in [0.5, 0.6) is 0 Å². The number of hydrogen-bond donors (Lipinski definition) is 2. The first kappa shape index (κ1) is 17.3. The number of para-hydroxylation sites is 1. The van der Waals surface area contributed by atoms with Crippen LogP contribution in [0.2, 0.25) is 0 Å². The van der Waals surface area contributed by atoms with Gasteiger partial charge in [0, 0.05) is 18.8 Å². The number of amides is 2. The minimum Gasteiger partial charge on any atom is -0.325 e. The van der Waals surface area contributed by atoms with Crippen molar-refractivity contribution in [2.75, 3.05) is 23.1 Å². The average Bonchev–Trinajstić information content (AvgIpc) is 3.12. The number of carbonyl (C=O) groups excluding carboxylic acids is 1. The van der Waals surface area contributed by atoms with E-state index in [0.29, 0.717) is 11.4 Å². The van der Waals surface area contributed by atoms with E-state index in [0.717, 1.165) is 31.5 Å². The molecule has 1 aliphatic heterocycles. The molecule has 0 spiro atoms. The van der Waals surface area contributed by atoms with Crippen molar-refractivity contribution in [3.05, 3.63) is 54.1 Å². The van der Waals surface area contributed by atoms with E-state index in [4.69, 9.17) is 0 Å². The van der Waals surface area contributed by atoms with Crippen LogP contribution in [0.3, 0.4) is 0 Å². The van der Waals surface area contributed by atoms with Crippen molar-refractivity contribution in [3.63, 3.8) is 0 Å². The minimum atomic E-state index is -3.67. The Kier molecular flexibility index (Phi) is 4.94. The number of aryl methyl sites for hydroxylation is 1. The number of benzene rings is 2. The Labute approximate surface area is 147 Å². The molecular weight excluding hydrogens is 338 g/mol. The van der Waals surface area contributed by atoms with Gasteiger partial charge in [0.05, 0.1) is 10.6 Å². The van der Waals surface area contributed by atoms with Crippen LogP contribution < -0.4 is 10.0 Å². The van der Waals surface area contributed by atoms with Crippen LogP contribution >= 0.6 is 0 Å². The number of rotatable bonds is 4. The van der Waals surface area contributed by atoms with Gasteiger partial charge < -0.3 is 10.2 Å². The zero-order valence-corrected chi connectivity index (χ0v) is 14.8. The number of likely N-dealkylation sites (tertiary alicyclic amines) is 1. The lowest BCUT2D eigenvalue weighted by Gasteiger charge is -2.16. The quantitative estimate of drug-likeness (QED) is 0.878. The smallest absolute Gasteiger partial charge is 0.321 e. The van der Waals surface area contributed by atoms with Gasteiger partial charge in [-0.1, -0.05) is 18.2 Å². The van der Waals surface area contributed by atoms with Gasteiger partial charge in [0.15, 0.2) is 0 Å². The van der Waals surface area contributed by atoms with Gasteiger partial charge in [-0.15, -0.1) is 0 Å². The molecule has 0 aliphatic carbocycles. The van der Waals surface area contributed by atoms with Crippen LogP contribution in [0.4, 0.5) is 16.2 Å². The lowest BCUT2D eigenvalue weighted by Crippen LogP contribution is -2.32. The van der Waals surface area contributed by atoms with Crippen molar-refractivity contribution >= 4 is 27.4 Å². The molecule has 0 radical (unpaired) electrons. The van der Waals surface area contributed by atoms with Crippen molar-refractivity contribution in [1.29, 1.82) is 0 Å². The van der Waals surface area contributed by atoms with Gasteiger partial charge in [-0.3, -0.25) is 4.72 Å². The van der Waals surface area contributed by atoms with Crippen LogP contribution in [0.15, 0.2) is 53.4 Å². The van der Waals surface area contributed by atoms with Crippen molar-refractivity contribution < 1.29 is 13.2 Å². The molecule has 3 rings (SSSR count). The zero-order chi connectivity index (χ0) is 17.9. The van der Waals surface area contributed by atoms with Gasteiger partial charge >= 0.3 is 6.03 Å². The van der Waals surface area contributed by atoms with E-state index in [1.54, 1.807) is 29.2 Å². The molecule has 2 aromatic carbocycles. The predicted molar refractivity (Wildman–Crippen MR) is 98.3 cm³/mol. The maximum atomic E-state index is 12.5. The third-order valence-electron chi connectivity index (χ3n) is 4.20. The average molecular weight is 359 g/mol. The van der Waals surface area contributed by atoms with Crippen LogP contribution in [-0.2, 0) is 10.0 Å². The summed E-state index contributed by atoms with van der Waals surface area (Å²) >= 11 is 0. The molecule has 0 unspecified atom stereocenters. The minimum absolute atomic E-state index is 0.147. The highest BCUT2D eigenvalue weighted by molar-refractivity contribution is 7.92. The normalized spacial score (nSPS) is 14.4. The largest absolute Gasteiger partial charge is 0.325 e. The van der Waals surface area contributed by atoms with E-state index in [1.807, 2.05) is 19.1 Å². The number of sulfonamides is 1. The van der Waals surface area contributed by atoms with Crippen LogP contribution in [0.1, 0.15) is 18.4 Å². The van der Waals surface area contributed by atoms with Crippen molar-refractivity contribution in [2.45, 2.75) is 24.7 Å². The Balaban J connectivity index is 1.70. The first-order chi connectivity index (χ1) is 12.0. The first-order valence-electron chi connectivity index (χ1n) is 8.20. The van der Waals surface area contributed by atoms with E-state index in [2.05, 4.69) is 10.0 Å².